The molecular weight excluding hydrogens is 374 g/mol. The van der Waals surface area contributed by atoms with Gasteiger partial charge in [-0.1, -0.05) is 47.0 Å². The molecule has 0 spiro atoms. The van der Waals surface area contributed by atoms with Crippen LogP contribution < -0.4 is 5.32 Å². The van der Waals surface area contributed by atoms with E-state index in [1.165, 1.54) is 0 Å². The number of halogens is 1. The third kappa shape index (κ3) is 3.19. The van der Waals surface area contributed by atoms with Gasteiger partial charge in [0.1, 0.15) is 6.04 Å². The molecule has 1 atom stereocenters. The maximum absolute atomic E-state index is 12.7. The Labute approximate surface area is 148 Å². The van der Waals surface area contributed by atoms with Crippen molar-refractivity contribution in [2.45, 2.75) is 26.8 Å². The molecule has 0 saturated heterocycles. The van der Waals surface area contributed by atoms with Crippen molar-refractivity contribution in [3.05, 3.63) is 45.6 Å². The number of nitrogens with zero attached hydrogens (tertiary/aromatic N) is 4. The standard InChI is InChI=1S/C16H18BrN5O2/c1-9(2)8-24-15(23)13-10(3)18-16-19-20-21-22(16)14(13)11-4-6-12(17)7-5-11/h4-7,9,14H,8H2,1-3H3,(H,18,19,21). The van der Waals surface area contributed by atoms with Crippen LogP contribution in [0.1, 0.15) is 32.4 Å². The largest absolute Gasteiger partial charge is 0.462 e. The average Bonchev–Trinajstić information content (AvgIpc) is 3.00. The molecule has 2 aromatic rings. The molecule has 3 rings (SSSR count). The number of allylic oxidation sites excluding steroid dienone is 1. The maximum Gasteiger partial charge on any atom is 0.338 e. The molecular formula is C16H18BrN5O2. The van der Waals surface area contributed by atoms with Crippen LogP contribution in [0.2, 0.25) is 0 Å². The third-order valence-electron chi connectivity index (χ3n) is 3.67. The summed E-state index contributed by atoms with van der Waals surface area (Å²) in [7, 11) is 0. The predicted octanol–water partition coefficient (Wildman–Crippen LogP) is 2.92. The Kier molecular flexibility index (Phi) is 4.66. The lowest BCUT2D eigenvalue weighted by Gasteiger charge is -2.27. The lowest BCUT2D eigenvalue weighted by Crippen LogP contribution is -2.30. The summed E-state index contributed by atoms with van der Waals surface area (Å²) in [5, 5.41) is 14.8. The number of fused-ring (bicyclic) bond motifs is 1. The van der Waals surface area contributed by atoms with Crippen molar-refractivity contribution in [1.29, 1.82) is 0 Å². The minimum atomic E-state index is -0.427. The highest BCUT2D eigenvalue weighted by Gasteiger charge is 2.34. The summed E-state index contributed by atoms with van der Waals surface area (Å²) in [5.41, 5.74) is 2.11. The molecule has 0 radical (unpaired) electrons. The number of rotatable bonds is 4. The van der Waals surface area contributed by atoms with Crippen molar-refractivity contribution < 1.29 is 9.53 Å². The van der Waals surface area contributed by atoms with Crippen LogP contribution in [-0.2, 0) is 9.53 Å². The quantitative estimate of drug-likeness (QED) is 0.806. The van der Waals surface area contributed by atoms with Gasteiger partial charge in [-0.2, -0.15) is 4.68 Å². The molecule has 2 heterocycles. The van der Waals surface area contributed by atoms with Crippen LogP contribution in [0.4, 0.5) is 5.95 Å². The third-order valence-corrected chi connectivity index (χ3v) is 4.20. The molecule has 0 aliphatic carbocycles. The van der Waals surface area contributed by atoms with Gasteiger partial charge in [0.25, 0.3) is 0 Å². The minimum absolute atomic E-state index is 0.265. The van der Waals surface area contributed by atoms with Crippen LogP contribution in [-0.4, -0.2) is 32.8 Å². The van der Waals surface area contributed by atoms with Crippen LogP contribution in [0.5, 0.6) is 0 Å². The lowest BCUT2D eigenvalue weighted by molar-refractivity contribution is -0.140. The van der Waals surface area contributed by atoms with E-state index in [4.69, 9.17) is 4.74 Å². The number of hydrogen-bond donors (Lipinski definition) is 1. The number of carbonyl (C=O) groups is 1. The summed E-state index contributed by atoms with van der Waals surface area (Å²) in [6.45, 7) is 6.19. The van der Waals surface area contributed by atoms with E-state index in [0.717, 1.165) is 10.0 Å². The van der Waals surface area contributed by atoms with Crippen molar-refractivity contribution >= 4 is 27.8 Å². The van der Waals surface area contributed by atoms with Crippen LogP contribution >= 0.6 is 15.9 Å². The van der Waals surface area contributed by atoms with Gasteiger partial charge in [0.15, 0.2) is 0 Å². The number of ether oxygens (including phenoxy) is 1. The number of carbonyl (C=O) groups excluding carboxylic acids is 1. The normalized spacial score (nSPS) is 16.8. The van der Waals surface area contributed by atoms with Crippen molar-refractivity contribution in [3.63, 3.8) is 0 Å². The fourth-order valence-electron chi connectivity index (χ4n) is 2.55. The van der Waals surface area contributed by atoms with Gasteiger partial charge in [-0.05, 0) is 41.0 Å². The number of aromatic nitrogens is 4. The van der Waals surface area contributed by atoms with E-state index in [1.54, 1.807) is 4.68 Å². The van der Waals surface area contributed by atoms with Gasteiger partial charge in [-0.25, -0.2) is 4.79 Å². The number of nitrogens with one attached hydrogen (secondary N) is 1. The number of benzene rings is 1. The fourth-order valence-corrected chi connectivity index (χ4v) is 2.81. The smallest absolute Gasteiger partial charge is 0.338 e. The van der Waals surface area contributed by atoms with Gasteiger partial charge in [0, 0.05) is 10.2 Å². The molecule has 24 heavy (non-hydrogen) atoms. The fraction of sp³-hybridized carbons (Fsp3) is 0.375. The van der Waals surface area contributed by atoms with Gasteiger partial charge in [0.05, 0.1) is 12.2 Å². The molecule has 0 bridgehead atoms. The molecule has 1 unspecified atom stereocenters. The Bertz CT molecular complexity index is 782. The Morgan fingerprint density at radius 3 is 2.75 bits per heavy atom. The molecule has 1 aromatic carbocycles. The van der Waals surface area contributed by atoms with Crippen LogP contribution in [0.3, 0.4) is 0 Å². The predicted molar refractivity (Wildman–Crippen MR) is 92.2 cm³/mol. The van der Waals surface area contributed by atoms with Crippen molar-refractivity contribution in [3.8, 4) is 0 Å². The van der Waals surface area contributed by atoms with Crippen molar-refractivity contribution in [2.75, 3.05) is 11.9 Å². The molecule has 1 aliphatic rings. The summed E-state index contributed by atoms with van der Waals surface area (Å²) in [6, 6.07) is 7.30. The first-order valence-corrected chi connectivity index (χ1v) is 8.45. The summed E-state index contributed by atoms with van der Waals surface area (Å²) in [5.74, 6) is 0.407. The first kappa shape index (κ1) is 16.6. The molecule has 8 heteroatoms. The topological polar surface area (TPSA) is 81.9 Å². The van der Waals surface area contributed by atoms with Crippen LogP contribution in [0.25, 0.3) is 0 Å². The molecule has 0 fully saturated rings. The monoisotopic (exact) mass is 391 g/mol. The maximum atomic E-state index is 12.7. The number of tetrazole rings is 1. The van der Waals surface area contributed by atoms with Gasteiger partial charge in [-0.3, -0.25) is 0 Å². The SMILES string of the molecule is CC1=C(C(=O)OCC(C)C)C(c2ccc(Br)cc2)n2nnnc2N1. The highest BCUT2D eigenvalue weighted by atomic mass is 79.9. The number of anilines is 1. The van der Waals surface area contributed by atoms with E-state index in [-0.39, 0.29) is 11.9 Å². The molecule has 7 nitrogen and oxygen atoms in total. The minimum Gasteiger partial charge on any atom is -0.462 e. The number of esters is 1. The molecule has 1 aromatic heterocycles. The van der Waals surface area contributed by atoms with Crippen LogP contribution in [0, 0.1) is 5.92 Å². The highest BCUT2D eigenvalue weighted by molar-refractivity contribution is 9.10. The van der Waals surface area contributed by atoms with Crippen molar-refractivity contribution in [1.82, 2.24) is 20.2 Å². The van der Waals surface area contributed by atoms with Gasteiger partial charge >= 0.3 is 5.97 Å². The lowest BCUT2D eigenvalue weighted by atomic mass is 9.96. The van der Waals surface area contributed by atoms with Gasteiger partial charge in [-0.15, -0.1) is 0 Å². The van der Waals surface area contributed by atoms with E-state index in [0.29, 0.717) is 23.8 Å². The average molecular weight is 392 g/mol. The summed E-state index contributed by atoms with van der Waals surface area (Å²) >= 11 is 3.43. The number of hydrogen-bond acceptors (Lipinski definition) is 6. The molecule has 0 saturated carbocycles. The van der Waals surface area contributed by atoms with Crippen LogP contribution in [0.15, 0.2) is 40.0 Å². The Hall–Kier alpha value is -2.22. The molecule has 0 amide bonds. The highest BCUT2D eigenvalue weighted by Crippen LogP contribution is 2.35. The zero-order valence-electron chi connectivity index (χ0n) is 13.7. The van der Waals surface area contributed by atoms with E-state index >= 15 is 0 Å². The zero-order chi connectivity index (χ0) is 17.3. The molecule has 1 aliphatic heterocycles. The summed E-state index contributed by atoms with van der Waals surface area (Å²) in [4.78, 5) is 12.7. The second-order valence-electron chi connectivity index (χ2n) is 6.06. The Morgan fingerprint density at radius 2 is 2.08 bits per heavy atom. The molecule has 126 valence electrons. The van der Waals surface area contributed by atoms with Gasteiger partial charge in [0.2, 0.25) is 5.95 Å². The molecule has 1 N–H and O–H groups in total. The first-order valence-electron chi connectivity index (χ1n) is 7.65. The van der Waals surface area contributed by atoms with E-state index in [1.807, 2.05) is 45.0 Å². The Morgan fingerprint density at radius 1 is 1.38 bits per heavy atom. The Balaban J connectivity index is 2.03. The van der Waals surface area contributed by atoms with E-state index in [9.17, 15) is 4.79 Å². The summed E-state index contributed by atoms with van der Waals surface area (Å²) in [6.07, 6.45) is 0. The summed E-state index contributed by atoms with van der Waals surface area (Å²) < 4.78 is 8.01. The zero-order valence-corrected chi connectivity index (χ0v) is 15.2. The van der Waals surface area contributed by atoms with E-state index in [2.05, 4.69) is 36.8 Å². The van der Waals surface area contributed by atoms with E-state index < -0.39 is 6.04 Å². The van der Waals surface area contributed by atoms with Gasteiger partial charge < -0.3 is 10.1 Å². The second kappa shape index (κ2) is 6.72. The van der Waals surface area contributed by atoms with Crippen molar-refractivity contribution in [2.24, 2.45) is 5.92 Å². The second-order valence-corrected chi connectivity index (χ2v) is 6.97. The first-order chi connectivity index (χ1) is 11.5.